The molecule has 2 aliphatic rings. The molecule has 1 aliphatic heterocycles. The van der Waals surface area contributed by atoms with Gasteiger partial charge in [-0.3, -0.25) is 4.98 Å². The summed E-state index contributed by atoms with van der Waals surface area (Å²) in [5.41, 5.74) is 2.70. The van der Waals surface area contributed by atoms with Crippen molar-refractivity contribution in [3.63, 3.8) is 0 Å². The van der Waals surface area contributed by atoms with Crippen LogP contribution in [0.4, 0.5) is 5.69 Å². The third kappa shape index (κ3) is 2.30. The standard InChI is InChI=1S/C18H23N3/c1-14-11-20-18(8-4-5-9-18)13-21(14)16-10-15-6-2-3-7-17(15)19-12-16/h2-3,6-7,10,12,14,20H,4-5,8-9,11,13H2,1H3. The lowest BCUT2D eigenvalue weighted by molar-refractivity contribution is 0.276. The van der Waals surface area contributed by atoms with E-state index in [0.717, 1.165) is 18.6 Å². The summed E-state index contributed by atoms with van der Waals surface area (Å²) in [4.78, 5) is 7.20. The van der Waals surface area contributed by atoms with E-state index in [2.05, 4.69) is 52.5 Å². The molecule has 21 heavy (non-hydrogen) atoms. The van der Waals surface area contributed by atoms with E-state index in [1.807, 2.05) is 6.20 Å². The van der Waals surface area contributed by atoms with Gasteiger partial charge >= 0.3 is 0 Å². The molecule has 4 rings (SSSR count). The lowest BCUT2D eigenvalue weighted by Gasteiger charge is -2.46. The van der Waals surface area contributed by atoms with Crippen molar-refractivity contribution in [2.45, 2.75) is 44.2 Å². The summed E-state index contributed by atoms with van der Waals surface area (Å²) in [6, 6.07) is 11.2. The van der Waals surface area contributed by atoms with Gasteiger partial charge in [0.2, 0.25) is 0 Å². The molecule has 1 N–H and O–H groups in total. The van der Waals surface area contributed by atoms with E-state index in [1.165, 1.54) is 36.8 Å². The first-order chi connectivity index (χ1) is 10.3. The summed E-state index contributed by atoms with van der Waals surface area (Å²) in [5.74, 6) is 0. The number of para-hydroxylation sites is 1. The van der Waals surface area contributed by atoms with Crippen LogP contribution in [0.2, 0.25) is 0 Å². The minimum Gasteiger partial charge on any atom is -0.364 e. The number of nitrogens with one attached hydrogen (secondary N) is 1. The Morgan fingerprint density at radius 2 is 2.05 bits per heavy atom. The van der Waals surface area contributed by atoms with Crippen LogP contribution in [0.25, 0.3) is 10.9 Å². The normalized spacial score (nSPS) is 24.8. The second-order valence-corrected chi connectivity index (χ2v) is 6.73. The number of aromatic nitrogens is 1. The van der Waals surface area contributed by atoms with Crippen LogP contribution in [0.15, 0.2) is 36.5 Å². The second kappa shape index (κ2) is 4.99. The molecule has 1 spiro atoms. The van der Waals surface area contributed by atoms with Gasteiger partial charge in [0.1, 0.15) is 0 Å². The second-order valence-electron chi connectivity index (χ2n) is 6.73. The maximum absolute atomic E-state index is 4.64. The van der Waals surface area contributed by atoms with Gasteiger partial charge in [-0.05, 0) is 31.9 Å². The topological polar surface area (TPSA) is 28.2 Å². The number of rotatable bonds is 1. The van der Waals surface area contributed by atoms with Crippen LogP contribution in [0.3, 0.4) is 0 Å². The number of hydrogen-bond donors (Lipinski definition) is 1. The molecule has 1 saturated heterocycles. The quantitative estimate of drug-likeness (QED) is 0.869. The monoisotopic (exact) mass is 281 g/mol. The zero-order valence-corrected chi connectivity index (χ0v) is 12.7. The highest BCUT2D eigenvalue weighted by atomic mass is 15.3. The van der Waals surface area contributed by atoms with Crippen molar-refractivity contribution >= 4 is 16.6 Å². The van der Waals surface area contributed by atoms with Crippen LogP contribution in [-0.4, -0.2) is 29.7 Å². The summed E-state index contributed by atoms with van der Waals surface area (Å²) in [5, 5.41) is 5.06. The Hall–Kier alpha value is -1.61. The predicted molar refractivity (Wildman–Crippen MR) is 87.8 cm³/mol. The maximum atomic E-state index is 4.64. The lowest BCUT2D eigenvalue weighted by Crippen LogP contribution is -2.62. The van der Waals surface area contributed by atoms with E-state index in [4.69, 9.17) is 0 Å². The molecule has 3 heteroatoms. The molecule has 3 nitrogen and oxygen atoms in total. The van der Waals surface area contributed by atoms with Crippen molar-refractivity contribution in [2.24, 2.45) is 0 Å². The van der Waals surface area contributed by atoms with Gasteiger partial charge in [0, 0.05) is 30.1 Å². The number of benzene rings is 1. The summed E-state index contributed by atoms with van der Waals surface area (Å²) in [7, 11) is 0. The summed E-state index contributed by atoms with van der Waals surface area (Å²) in [6.45, 7) is 4.50. The molecule has 0 bridgehead atoms. The van der Waals surface area contributed by atoms with E-state index < -0.39 is 0 Å². The fourth-order valence-electron chi connectivity index (χ4n) is 3.96. The van der Waals surface area contributed by atoms with Crippen molar-refractivity contribution < 1.29 is 0 Å². The number of pyridine rings is 1. The Balaban J connectivity index is 1.68. The Morgan fingerprint density at radius 3 is 2.90 bits per heavy atom. The third-order valence-electron chi connectivity index (χ3n) is 5.25. The first kappa shape index (κ1) is 13.1. The smallest absolute Gasteiger partial charge is 0.0703 e. The van der Waals surface area contributed by atoms with Crippen molar-refractivity contribution in [1.29, 1.82) is 0 Å². The van der Waals surface area contributed by atoms with Gasteiger partial charge in [0.25, 0.3) is 0 Å². The first-order valence-corrected chi connectivity index (χ1v) is 8.12. The number of hydrogen-bond acceptors (Lipinski definition) is 3. The summed E-state index contributed by atoms with van der Waals surface area (Å²) < 4.78 is 0. The fourth-order valence-corrected chi connectivity index (χ4v) is 3.96. The van der Waals surface area contributed by atoms with Gasteiger partial charge in [-0.2, -0.15) is 0 Å². The Labute approximate surface area is 126 Å². The number of piperazine rings is 1. The molecule has 1 atom stereocenters. The molecule has 1 unspecified atom stereocenters. The summed E-state index contributed by atoms with van der Waals surface area (Å²) in [6.07, 6.45) is 7.41. The predicted octanol–water partition coefficient (Wildman–Crippen LogP) is 3.35. The van der Waals surface area contributed by atoms with Crippen molar-refractivity contribution in [2.75, 3.05) is 18.0 Å². The zero-order chi connectivity index (χ0) is 14.3. The van der Waals surface area contributed by atoms with Gasteiger partial charge in [0.05, 0.1) is 17.4 Å². The van der Waals surface area contributed by atoms with Crippen LogP contribution >= 0.6 is 0 Å². The Kier molecular flexibility index (Phi) is 3.11. The van der Waals surface area contributed by atoms with E-state index in [1.54, 1.807) is 0 Å². The van der Waals surface area contributed by atoms with Gasteiger partial charge in [-0.25, -0.2) is 0 Å². The number of fused-ring (bicyclic) bond motifs is 1. The molecular formula is C18H23N3. The van der Waals surface area contributed by atoms with Gasteiger partial charge in [0.15, 0.2) is 0 Å². The SMILES string of the molecule is CC1CNC2(CCCC2)CN1c1cnc2ccccc2c1. The Bertz CT molecular complexity index is 646. The highest BCUT2D eigenvalue weighted by Crippen LogP contribution is 2.35. The molecule has 2 fully saturated rings. The average Bonchev–Trinajstić information content (AvgIpc) is 2.98. The van der Waals surface area contributed by atoms with Gasteiger partial charge < -0.3 is 10.2 Å². The van der Waals surface area contributed by atoms with E-state index in [-0.39, 0.29) is 0 Å². The molecule has 1 aromatic heterocycles. The highest BCUT2D eigenvalue weighted by Gasteiger charge is 2.40. The molecule has 1 aromatic carbocycles. The molecule has 1 saturated carbocycles. The molecular weight excluding hydrogens is 258 g/mol. The molecule has 110 valence electrons. The number of nitrogens with zero attached hydrogens (tertiary/aromatic N) is 2. The van der Waals surface area contributed by atoms with E-state index >= 15 is 0 Å². The van der Waals surface area contributed by atoms with Crippen LogP contribution in [0.1, 0.15) is 32.6 Å². The minimum absolute atomic E-state index is 0.345. The van der Waals surface area contributed by atoms with Crippen molar-refractivity contribution in [3.05, 3.63) is 36.5 Å². The van der Waals surface area contributed by atoms with Gasteiger partial charge in [-0.1, -0.05) is 31.0 Å². The van der Waals surface area contributed by atoms with E-state index in [0.29, 0.717) is 11.6 Å². The van der Waals surface area contributed by atoms with Crippen LogP contribution < -0.4 is 10.2 Å². The largest absolute Gasteiger partial charge is 0.364 e. The number of anilines is 1. The first-order valence-electron chi connectivity index (χ1n) is 8.12. The highest BCUT2D eigenvalue weighted by molar-refractivity contribution is 5.81. The van der Waals surface area contributed by atoms with Crippen molar-refractivity contribution in [3.8, 4) is 0 Å². The fraction of sp³-hybridized carbons (Fsp3) is 0.500. The zero-order valence-electron chi connectivity index (χ0n) is 12.7. The molecule has 2 aromatic rings. The van der Waals surface area contributed by atoms with E-state index in [9.17, 15) is 0 Å². The molecule has 1 aliphatic carbocycles. The Morgan fingerprint density at radius 1 is 1.24 bits per heavy atom. The van der Waals surface area contributed by atoms with Crippen molar-refractivity contribution in [1.82, 2.24) is 10.3 Å². The summed E-state index contributed by atoms with van der Waals surface area (Å²) >= 11 is 0. The van der Waals surface area contributed by atoms with Gasteiger partial charge in [-0.15, -0.1) is 0 Å². The molecule has 0 radical (unpaired) electrons. The molecule has 2 heterocycles. The lowest BCUT2D eigenvalue weighted by atomic mass is 9.92. The molecule has 0 amide bonds. The maximum Gasteiger partial charge on any atom is 0.0703 e. The third-order valence-corrected chi connectivity index (χ3v) is 5.25. The van der Waals surface area contributed by atoms with Crippen LogP contribution in [-0.2, 0) is 0 Å². The van der Waals surface area contributed by atoms with Crippen LogP contribution in [0, 0.1) is 0 Å². The van der Waals surface area contributed by atoms with Crippen LogP contribution in [0.5, 0.6) is 0 Å². The average molecular weight is 281 g/mol. The minimum atomic E-state index is 0.345.